The fourth-order valence-electron chi connectivity index (χ4n) is 6.80. The Balaban J connectivity index is 0.722. The predicted molar refractivity (Wildman–Crippen MR) is 203 cm³/mol. The Morgan fingerprint density at radius 3 is 2.20 bits per heavy atom. The van der Waals surface area contributed by atoms with E-state index in [-0.39, 0.29) is 37.2 Å². The molecule has 2 fully saturated rings. The lowest BCUT2D eigenvalue weighted by Crippen LogP contribution is -2.54. The van der Waals surface area contributed by atoms with Gasteiger partial charge in [0.1, 0.15) is 35.8 Å². The van der Waals surface area contributed by atoms with Crippen LogP contribution in [0.2, 0.25) is 0 Å². The third-order valence-electron chi connectivity index (χ3n) is 9.64. The molecule has 3 aliphatic heterocycles. The number of carbonyl (C=O) groups is 4. The summed E-state index contributed by atoms with van der Waals surface area (Å²) in [4.78, 5) is 66.8. The van der Waals surface area contributed by atoms with E-state index < -0.39 is 29.7 Å². The second-order valence-corrected chi connectivity index (χ2v) is 14.3. The maximum absolute atomic E-state index is 13.0. The van der Waals surface area contributed by atoms with Crippen molar-refractivity contribution >= 4 is 51.0 Å². The van der Waals surface area contributed by atoms with Crippen LogP contribution in [0.3, 0.4) is 0 Å². The topological polar surface area (TPSA) is 162 Å². The van der Waals surface area contributed by atoms with Gasteiger partial charge in [0.25, 0.3) is 11.8 Å². The number of aromatic nitrogens is 3. The zero-order valence-electron chi connectivity index (χ0n) is 29.9. The number of fused-ring (bicyclic) bond motifs is 2. The van der Waals surface area contributed by atoms with E-state index in [1.165, 1.54) is 25.0 Å². The van der Waals surface area contributed by atoms with Crippen molar-refractivity contribution in [3.05, 3.63) is 84.2 Å². The Hall–Kier alpha value is -5.77. The molecule has 5 aromatic rings. The molecule has 15 heteroatoms. The Bertz CT molecular complexity index is 2220. The van der Waals surface area contributed by atoms with Crippen molar-refractivity contribution in [2.45, 2.75) is 31.7 Å². The summed E-state index contributed by atoms with van der Waals surface area (Å²) in [6.45, 7) is 4.05. The van der Waals surface area contributed by atoms with Crippen LogP contribution in [0.25, 0.3) is 31.9 Å². The van der Waals surface area contributed by atoms with Gasteiger partial charge in [0.2, 0.25) is 17.7 Å². The summed E-state index contributed by atoms with van der Waals surface area (Å²) in [6.07, 6.45) is 6.32. The summed E-state index contributed by atoms with van der Waals surface area (Å²) in [5, 5.41) is 3.14. The molecule has 1 atom stereocenters. The molecule has 6 heterocycles. The molecule has 3 aliphatic rings. The average molecular weight is 763 g/mol. The minimum absolute atomic E-state index is 0.0618. The minimum atomic E-state index is -1.01. The highest BCUT2D eigenvalue weighted by atomic mass is 32.1. The van der Waals surface area contributed by atoms with Gasteiger partial charge in [0, 0.05) is 49.1 Å². The van der Waals surface area contributed by atoms with Crippen LogP contribution in [0.15, 0.2) is 73.1 Å². The van der Waals surface area contributed by atoms with Crippen molar-refractivity contribution in [3.8, 4) is 33.3 Å². The van der Waals surface area contributed by atoms with E-state index in [0.29, 0.717) is 38.1 Å². The van der Waals surface area contributed by atoms with Crippen LogP contribution in [-0.2, 0) is 19.1 Å². The molecule has 0 spiro atoms. The van der Waals surface area contributed by atoms with Gasteiger partial charge in [0.05, 0.1) is 47.8 Å². The van der Waals surface area contributed by atoms with Crippen molar-refractivity contribution < 1.29 is 38.1 Å². The van der Waals surface area contributed by atoms with Gasteiger partial charge in [0.15, 0.2) is 0 Å². The average Bonchev–Trinajstić information content (AvgIpc) is 3.95. The van der Waals surface area contributed by atoms with Crippen LogP contribution in [0.5, 0.6) is 11.6 Å². The fraction of sp³-hybridized carbons (Fsp3) is 0.325. The number of nitrogens with zero attached hydrogens (tertiary/aromatic N) is 5. The first-order chi connectivity index (χ1) is 26.9. The van der Waals surface area contributed by atoms with E-state index in [1.807, 2.05) is 24.4 Å². The molecule has 3 aromatic heterocycles. The summed E-state index contributed by atoms with van der Waals surface area (Å²) < 4.78 is 23.8. The smallest absolute Gasteiger partial charge is 0.262 e. The highest BCUT2D eigenvalue weighted by Gasteiger charge is 2.44. The molecule has 55 heavy (non-hydrogen) atoms. The number of imide groups is 2. The predicted octanol–water partition coefficient (Wildman–Crippen LogP) is 4.91. The number of nitrogens with one attached hydrogen (secondary N) is 1. The molecular weight excluding hydrogens is 725 g/mol. The summed E-state index contributed by atoms with van der Waals surface area (Å²) >= 11 is 1.65. The maximum atomic E-state index is 13.0. The molecule has 14 nitrogen and oxygen atoms in total. The van der Waals surface area contributed by atoms with Crippen molar-refractivity contribution in [3.63, 3.8) is 0 Å². The van der Waals surface area contributed by atoms with Crippen LogP contribution in [0.4, 0.5) is 5.82 Å². The monoisotopic (exact) mass is 762 g/mol. The lowest BCUT2D eigenvalue weighted by atomic mass is 10.0. The third kappa shape index (κ3) is 8.04. The van der Waals surface area contributed by atoms with E-state index in [9.17, 15) is 19.2 Å². The van der Waals surface area contributed by atoms with E-state index in [0.717, 1.165) is 55.7 Å². The number of pyridine rings is 2. The Morgan fingerprint density at radius 2 is 1.45 bits per heavy atom. The van der Waals surface area contributed by atoms with Gasteiger partial charge in [-0.3, -0.25) is 29.4 Å². The number of thiazole rings is 1. The van der Waals surface area contributed by atoms with Gasteiger partial charge in [-0.05, 0) is 73.4 Å². The lowest BCUT2D eigenvalue weighted by Gasteiger charge is -2.27. The van der Waals surface area contributed by atoms with Gasteiger partial charge >= 0.3 is 0 Å². The SMILES string of the molecule is O=C1CCC(N2C(=O)c3ccc(OCCOCCOCCOc4ccc(-c5ccc6nc(-c7ccc(N8CCCC8)nc7)sc6c5)cn4)cc3C2=O)C(=O)N1. The number of ether oxygens (including phenoxy) is 4. The summed E-state index contributed by atoms with van der Waals surface area (Å²) in [6, 6.07) is 17.8. The lowest BCUT2D eigenvalue weighted by molar-refractivity contribution is -0.136. The number of amides is 4. The zero-order chi connectivity index (χ0) is 37.7. The molecule has 1 N–H and O–H groups in total. The van der Waals surface area contributed by atoms with E-state index in [2.05, 4.69) is 39.5 Å². The van der Waals surface area contributed by atoms with Crippen LogP contribution in [-0.4, -0.2) is 102 Å². The second kappa shape index (κ2) is 16.3. The van der Waals surface area contributed by atoms with E-state index >= 15 is 0 Å². The molecular formula is C40H38N6O8S. The quantitative estimate of drug-likeness (QED) is 0.114. The van der Waals surface area contributed by atoms with Crippen LogP contribution in [0, 0.1) is 0 Å². The number of anilines is 1. The molecule has 2 aromatic carbocycles. The van der Waals surface area contributed by atoms with Gasteiger partial charge in [-0.15, -0.1) is 11.3 Å². The molecule has 0 radical (unpaired) electrons. The highest BCUT2D eigenvalue weighted by Crippen LogP contribution is 2.34. The Morgan fingerprint density at radius 1 is 0.727 bits per heavy atom. The minimum Gasteiger partial charge on any atom is -0.491 e. The number of hydrogen-bond acceptors (Lipinski definition) is 13. The Kier molecular flexibility index (Phi) is 10.7. The van der Waals surface area contributed by atoms with E-state index in [4.69, 9.17) is 28.9 Å². The number of benzene rings is 2. The summed E-state index contributed by atoms with van der Waals surface area (Å²) in [7, 11) is 0. The molecule has 2 saturated heterocycles. The van der Waals surface area contributed by atoms with Gasteiger partial charge < -0.3 is 23.8 Å². The maximum Gasteiger partial charge on any atom is 0.262 e. The standard InChI is InChI=1S/C40H38N6O8S/c47-35-11-9-32(37(48)44-35)46-39(49)29-7-6-28(22-30(29)40(46)50)53-19-17-51-15-16-52-18-20-54-36-12-5-26(23-42-36)25-3-8-31-33(21-25)55-38(43-31)27-4-10-34(41-24-27)45-13-1-2-14-45/h3-8,10,12,21-24,32H,1-2,9,11,13-20H2,(H,44,47,48). The first-order valence-corrected chi connectivity index (χ1v) is 19.1. The number of carbonyl (C=O) groups excluding carboxylic acids is 4. The highest BCUT2D eigenvalue weighted by molar-refractivity contribution is 7.21. The first-order valence-electron chi connectivity index (χ1n) is 18.3. The fourth-order valence-corrected chi connectivity index (χ4v) is 7.79. The Labute approximate surface area is 320 Å². The molecule has 282 valence electrons. The number of rotatable bonds is 15. The van der Waals surface area contributed by atoms with Crippen LogP contribution < -0.4 is 19.7 Å². The van der Waals surface area contributed by atoms with Crippen molar-refractivity contribution in [2.24, 2.45) is 0 Å². The normalized spacial score (nSPS) is 16.9. The molecule has 8 rings (SSSR count). The van der Waals surface area contributed by atoms with Crippen molar-refractivity contribution in [1.29, 1.82) is 0 Å². The molecule has 0 bridgehead atoms. The number of hydrogen-bond donors (Lipinski definition) is 1. The largest absolute Gasteiger partial charge is 0.491 e. The van der Waals surface area contributed by atoms with Crippen molar-refractivity contribution in [1.82, 2.24) is 25.2 Å². The zero-order valence-corrected chi connectivity index (χ0v) is 30.7. The number of piperidine rings is 1. The first kappa shape index (κ1) is 36.2. The van der Waals surface area contributed by atoms with Gasteiger partial charge in [-0.1, -0.05) is 6.07 Å². The van der Waals surface area contributed by atoms with Crippen LogP contribution in [0.1, 0.15) is 46.4 Å². The van der Waals surface area contributed by atoms with Gasteiger partial charge in [-0.2, -0.15) is 0 Å². The molecule has 4 amide bonds. The molecule has 0 saturated carbocycles. The second-order valence-electron chi connectivity index (χ2n) is 13.3. The van der Waals surface area contributed by atoms with E-state index in [1.54, 1.807) is 23.6 Å². The molecule has 0 aliphatic carbocycles. The summed E-state index contributed by atoms with van der Waals surface area (Å²) in [5.41, 5.74) is 4.36. The summed E-state index contributed by atoms with van der Waals surface area (Å²) in [5.74, 6) is -0.286. The van der Waals surface area contributed by atoms with Gasteiger partial charge in [-0.25, -0.2) is 15.0 Å². The third-order valence-corrected chi connectivity index (χ3v) is 10.7. The van der Waals surface area contributed by atoms with Crippen LogP contribution >= 0.6 is 11.3 Å². The van der Waals surface area contributed by atoms with Crippen molar-refractivity contribution in [2.75, 3.05) is 57.6 Å². The molecule has 1 unspecified atom stereocenters.